The zero-order valence-corrected chi connectivity index (χ0v) is 17.6. The summed E-state index contributed by atoms with van der Waals surface area (Å²) < 4.78 is 6.06. The maximum Gasteiger partial charge on any atom is 0.264 e. The number of amides is 2. The third-order valence-corrected chi connectivity index (χ3v) is 5.98. The molecular weight excluding hydrogens is 378 g/mol. The van der Waals surface area contributed by atoms with E-state index in [0.29, 0.717) is 17.9 Å². The number of benzene rings is 2. The third kappa shape index (κ3) is 4.33. The smallest absolute Gasteiger partial charge is 0.264 e. The minimum absolute atomic E-state index is 0.0288. The molecule has 2 aromatic carbocycles. The number of nitrogens with one attached hydrogen (secondary N) is 1. The van der Waals surface area contributed by atoms with E-state index in [1.165, 1.54) is 19.8 Å². The second-order valence-electron chi connectivity index (χ2n) is 8.17. The summed E-state index contributed by atoms with van der Waals surface area (Å²) in [4.78, 5) is 29.2. The molecule has 0 aliphatic carbocycles. The molecule has 6 heteroatoms. The first-order valence-corrected chi connectivity index (χ1v) is 10.6. The lowest BCUT2D eigenvalue weighted by Gasteiger charge is -2.33. The van der Waals surface area contributed by atoms with E-state index in [0.717, 1.165) is 30.8 Å². The van der Waals surface area contributed by atoms with Crippen LogP contribution in [0, 0.1) is 0 Å². The molecule has 0 radical (unpaired) electrons. The van der Waals surface area contributed by atoms with E-state index in [-0.39, 0.29) is 17.9 Å². The summed E-state index contributed by atoms with van der Waals surface area (Å²) in [5.41, 5.74) is 2.70. The van der Waals surface area contributed by atoms with Crippen molar-refractivity contribution in [3.8, 4) is 5.75 Å². The van der Waals surface area contributed by atoms with Gasteiger partial charge in [0, 0.05) is 32.5 Å². The van der Waals surface area contributed by atoms with Crippen molar-refractivity contribution in [1.82, 2.24) is 9.80 Å². The highest BCUT2D eigenvalue weighted by atomic mass is 16.5. The van der Waals surface area contributed by atoms with Crippen molar-refractivity contribution in [2.45, 2.75) is 38.3 Å². The summed E-state index contributed by atoms with van der Waals surface area (Å²) in [5.74, 6) is 0.414. The summed E-state index contributed by atoms with van der Waals surface area (Å²) in [6.07, 6.45) is 2.36. The predicted octanol–water partition coefficient (Wildman–Crippen LogP) is 3.24. The molecule has 2 aliphatic heterocycles. The molecular formula is C24H29N3O3. The lowest BCUT2D eigenvalue weighted by molar-refractivity contribution is -0.139. The number of likely N-dealkylation sites (N-methyl/N-ethyl adjacent to an activating group) is 1. The minimum Gasteiger partial charge on any atom is -0.478 e. The monoisotopic (exact) mass is 407 g/mol. The molecule has 2 aromatic rings. The van der Waals surface area contributed by atoms with Gasteiger partial charge in [0.2, 0.25) is 5.91 Å². The van der Waals surface area contributed by atoms with Crippen LogP contribution >= 0.6 is 0 Å². The number of ether oxygens (including phenoxy) is 1. The Bertz CT molecular complexity index is 909. The molecule has 0 bridgehead atoms. The van der Waals surface area contributed by atoms with Crippen molar-refractivity contribution in [3.05, 3.63) is 59.7 Å². The molecule has 30 heavy (non-hydrogen) atoms. The van der Waals surface area contributed by atoms with Crippen molar-refractivity contribution in [3.63, 3.8) is 0 Å². The van der Waals surface area contributed by atoms with Gasteiger partial charge in [-0.05, 0) is 37.6 Å². The summed E-state index contributed by atoms with van der Waals surface area (Å²) in [6.45, 7) is 4.45. The summed E-state index contributed by atoms with van der Waals surface area (Å²) in [5, 5.41) is 2.80. The van der Waals surface area contributed by atoms with Crippen molar-refractivity contribution < 1.29 is 14.3 Å². The molecule has 6 nitrogen and oxygen atoms in total. The number of hydrogen-bond donors (Lipinski definition) is 1. The van der Waals surface area contributed by atoms with Gasteiger partial charge in [-0.2, -0.15) is 0 Å². The maximum absolute atomic E-state index is 13.4. The van der Waals surface area contributed by atoms with E-state index in [1.54, 1.807) is 6.07 Å². The molecule has 1 fully saturated rings. The lowest BCUT2D eigenvalue weighted by atomic mass is 10.0. The van der Waals surface area contributed by atoms with Crippen LogP contribution in [-0.4, -0.2) is 54.4 Å². The predicted molar refractivity (Wildman–Crippen MR) is 116 cm³/mol. The Kier molecular flexibility index (Phi) is 6.04. The van der Waals surface area contributed by atoms with Crippen LogP contribution in [0.15, 0.2) is 48.5 Å². The van der Waals surface area contributed by atoms with Gasteiger partial charge in [0.05, 0.1) is 11.7 Å². The SMILES string of the molecule is CC(=O)Nc1cccc2c1OC(C(=O)N(C)C(CN1CCCC1)c1ccccc1)C2. The van der Waals surface area contributed by atoms with Gasteiger partial charge >= 0.3 is 0 Å². The van der Waals surface area contributed by atoms with Crippen LogP contribution in [-0.2, 0) is 16.0 Å². The highest BCUT2D eigenvalue weighted by Gasteiger charge is 2.36. The molecule has 0 aromatic heterocycles. The molecule has 2 aliphatic rings. The van der Waals surface area contributed by atoms with E-state index in [9.17, 15) is 9.59 Å². The van der Waals surface area contributed by atoms with E-state index < -0.39 is 6.10 Å². The fourth-order valence-corrected chi connectivity index (χ4v) is 4.41. The largest absolute Gasteiger partial charge is 0.478 e. The van der Waals surface area contributed by atoms with Gasteiger partial charge in [0.1, 0.15) is 5.75 Å². The van der Waals surface area contributed by atoms with Crippen LogP contribution in [0.2, 0.25) is 0 Å². The molecule has 2 unspecified atom stereocenters. The maximum atomic E-state index is 13.4. The Morgan fingerprint density at radius 2 is 1.87 bits per heavy atom. The van der Waals surface area contributed by atoms with E-state index in [1.807, 2.05) is 42.3 Å². The average Bonchev–Trinajstić information content (AvgIpc) is 3.41. The number of para-hydroxylation sites is 1. The van der Waals surface area contributed by atoms with Crippen LogP contribution in [0.3, 0.4) is 0 Å². The average molecular weight is 408 g/mol. The fourth-order valence-electron chi connectivity index (χ4n) is 4.41. The Hall–Kier alpha value is -2.86. The Morgan fingerprint density at radius 3 is 2.57 bits per heavy atom. The van der Waals surface area contributed by atoms with Gasteiger partial charge in [0.25, 0.3) is 5.91 Å². The molecule has 2 atom stereocenters. The molecule has 1 saturated heterocycles. The molecule has 4 rings (SSSR count). The first kappa shape index (κ1) is 20.4. The molecule has 0 saturated carbocycles. The van der Waals surface area contributed by atoms with E-state index in [2.05, 4.69) is 22.3 Å². The quantitative estimate of drug-likeness (QED) is 0.799. The first-order chi connectivity index (χ1) is 14.5. The standard InChI is InChI=1S/C24H29N3O3/c1-17(28)25-20-12-8-11-19-15-22(30-23(19)20)24(29)26(2)21(16-27-13-6-7-14-27)18-9-4-3-5-10-18/h3-5,8-12,21-22H,6-7,13-16H2,1-2H3,(H,25,28). The fraction of sp³-hybridized carbons (Fsp3) is 0.417. The van der Waals surface area contributed by atoms with Gasteiger partial charge in [-0.25, -0.2) is 0 Å². The van der Waals surface area contributed by atoms with Crippen molar-refractivity contribution in [2.24, 2.45) is 0 Å². The Labute approximate surface area is 177 Å². The third-order valence-electron chi connectivity index (χ3n) is 5.98. The Morgan fingerprint density at radius 1 is 1.13 bits per heavy atom. The molecule has 2 amide bonds. The minimum atomic E-state index is -0.579. The highest BCUT2D eigenvalue weighted by molar-refractivity contribution is 5.91. The highest BCUT2D eigenvalue weighted by Crippen LogP contribution is 2.37. The molecule has 158 valence electrons. The van der Waals surface area contributed by atoms with Crippen LogP contribution in [0.4, 0.5) is 5.69 Å². The number of carbonyl (C=O) groups is 2. The normalized spacial score (nSPS) is 19.1. The number of hydrogen-bond acceptors (Lipinski definition) is 4. The van der Waals surface area contributed by atoms with Crippen molar-refractivity contribution >= 4 is 17.5 Å². The van der Waals surface area contributed by atoms with Crippen LogP contribution in [0.1, 0.15) is 36.9 Å². The van der Waals surface area contributed by atoms with Crippen molar-refractivity contribution in [2.75, 3.05) is 32.0 Å². The first-order valence-electron chi connectivity index (χ1n) is 10.6. The number of rotatable bonds is 6. The van der Waals surface area contributed by atoms with Gasteiger partial charge in [-0.1, -0.05) is 42.5 Å². The number of likely N-dealkylation sites (tertiary alicyclic amines) is 1. The van der Waals surface area contributed by atoms with Crippen molar-refractivity contribution in [1.29, 1.82) is 0 Å². The molecule has 0 spiro atoms. The van der Waals surface area contributed by atoms with E-state index in [4.69, 9.17) is 4.74 Å². The second kappa shape index (κ2) is 8.88. The zero-order chi connectivity index (χ0) is 21.1. The summed E-state index contributed by atoms with van der Waals surface area (Å²) >= 11 is 0. The lowest BCUT2D eigenvalue weighted by Crippen LogP contribution is -2.44. The van der Waals surface area contributed by atoms with Crippen LogP contribution in [0.25, 0.3) is 0 Å². The number of fused-ring (bicyclic) bond motifs is 1. The molecule has 1 N–H and O–H groups in total. The molecule has 2 heterocycles. The number of carbonyl (C=O) groups excluding carboxylic acids is 2. The Balaban J connectivity index is 1.52. The number of nitrogens with zero attached hydrogens (tertiary/aromatic N) is 2. The van der Waals surface area contributed by atoms with Gasteiger partial charge in [-0.3, -0.25) is 9.59 Å². The summed E-state index contributed by atoms with van der Waals surface area (Å²) in [7, 11) is 1.87. The zero-order valence-electron chi connectivity index (χ0n) is 17.6. The number of anilines is 1. The van der Waals surface area contributed by atoms with E-state index >= 15 is 0 Å². The topological polar surface area (TPSA) is 61.9 Å². The van der Waals surface area contributed by atoms with Gasteiger partial charge in [-0.15, -0.1) is 0 Å². The second-order valence-corrected chi connectivity index (χ2v) is 8.17. The van der Waals surface area contributed by atoms with Gasteiger partial charge < -0.3 is 19.9 Å². The van der Waals surface area contributed by atoms with Gasteiger partial charge in [0.15, 0.2) is 6.10 Å². The summed E-state index contributed by atoms with van der Waals surface area (Å²) in [6, 6.07) is 15.8. The van der Waals surface area contributed by atoms with Crippen LogP contribution < -0.4 is 10.1 Å². The van der Waals surface area contributed by atoms with Crippen LogP contribution in [0.5, 0.6) is 5.75 Å².